The van der Waals surface area contributed by atoms with Gasteiger partial charge in [0, 0.05) is 11.1 Å². The van der Waals surface area contributed by atoms with Crippen LogP contribution in [0, 0.1) is 0 Å². The van der Waals surface area contributed by atoms with Gasteiger partial charge in [0.1, 0.15) is 0 Å². The first-order chi connectivity index (χ1) is 16.2. The summed E-state index contributed by atoms with van der Waals surface area (Å²) in [5.41, 5.74) is 1.01. The molecule has 3 aromatic rings. The maximum atomic E-state index is 13.1. The summed E-state index contributed by atoms with van der Waals surface area (Å²) in [5, 5.41) is 8.93. The van der Waals surface area contributed by atoms with Gasteiger partial charge in [-0.3, -0.25) is 9.59 Å². The zero-order chi connectivity index (χ0) is 24.7. The fraction of sp³-hybridized carbons (Fsp3) is 0.200. The molecule has 2 amide bonds. The van der Waals surface area contributed by atoms with Gasteiger partial charge >= 0.3 is 0 Å². The largest absolute Gasteiger partial charge is 0.375 e. The van der Waals surface area contributed by atoms with Crippen LogP contribution >= 0.6 is 11.6 Å². The lowest BCUT2D eigenvalue weighted by Gasteiger charge is -2.15. The molecule has 0 spiro atoms. The number of carbonyl (C=O) groups is 2. The van der Waals surface area contributed by atoms with Crippen molar-refractivity contribution >= 4 is 44.6 Å². The summed E-state index contributed by atoms with van der Waals surface area (Å²) < 4.78 is 26.2. The summed E-state index contributed by atoms with van der Waals surface area (Å²) >= 11 is 5.88. The van der Waals surface area contributed by atoms with Crippen LogP contribution in [0.2, 0.25) is 5.02 Å². The van der Waals surface area contributed by atoms with Crippen LogP contribution in [0.15, 0.2) is 82.6 Å². The summed E-state index contributed by atoms with van der Waals surface area (Å²) in [5.74, 6) is -0.708. The van der Waals surface area contributed by atoms with E-state index >= 15 is 0 Å². The molecular formula is C25H26ClN3O4S. The SMILES string of the molecule is CCC(C)NC(=O)c1ccccc1NC(=O)CNc1ccccc1S(=O)(=O)c1ccc(Cl)cc1. The monoisotopic (exact) mass is 499 g/mol. The normalized spacial score (nSPS) is 12.0. The first kappa shape index (κ1) is 25.3. The van der Waals surface area contributed by atoms with Crippen molar-refractivity contribution in [2.24, 2.45) is 0 Å². The van der Waals surface area contributed by atoms with E-state index in [-0.39, 0.29) is 34.0 Å². The van der Waals surface area contributed by atoms with Gasteiger partial charge in [-0.25, -0.2) is 8.42 Å². The molecule has 0 saturated carbocycles. The molecule has 0 radical (unpaired) electrons. The van der Waals surface area contributed by atoms with Crippen molar-refractivity contribution in [2.45, 2.75) is 36.1 Å². The van der Waals surface area contributed by atoms with Crippen LogP contribution in [0.1, 0.15) is 30.6 Å². The number of amides is 2. The molecule has 0 saturated heterocycles. The van der Waals surface area contributed by atoms with Crippen LogP contribution in [0.5, 0.6) is 0 Å². The van der Waals surface area contributed by atoms with Crippen molar-refractivity contribution in [1.82, 2.24) is 5.32 Å². The third kappa shape index (κ3) is 6.15. The topological polar surface area (TPSA) is 104 Å². The Kier molecular flexibility index (Phi) is 8.31. The molecule has 0 aromatic heterocycles. The molecule has 0 heterocycles. The van der Waals surface area contributed by atoms with Gasteiger partial charge in [-0.05, 0) is 61.9 Å². The fourth-order valence-corrected chi connectivity index (χ4v) is 4.71. The minimum absolute atomic E-state index is 0.00276. The molecule has 1 atom stereocenters. The van der Waals surface area contributed by atoms with E-state index in [0.717, 1.165) is 6.42 Å². The third-order valence-electron chi connectivity index (χ3n) is 5.18. The first-order valence-electron chi connectivity index (χ1n) is 10.8. The molecule has 9 heteroatoms. The number of hydrogen-bond donors (Lipinski definition) is 3. The molecule has 178 valence electrons. The maximum absolute atomic E-state index is 13.1. The van der Waals surface area contributed by atoms with Crippen molar-refractivity contribution in [2.75, 3.05) is 17.2 Å². The van der Waals surface area contributed by atoms with Crippen molar-refractivity contribution in [1.29, 1.82) is 0 Å². The molecule has 34 heavy (non-hydrogen) atoms. The smallest absolute Gasteiger partial charge is 0.253 e. The molecule has 3 N–H and O–H groups in total. The summed E-state index contributed by atoms with van der Waals surface area (Å²) in [7, 11) is -3.83. The van der Waals surface area contributed by atoms with Gasteiger partial charge in [-0.15, -0.1) is 0 Å². The Hall–Kier alpha value is -3.36. The van der Waals surface area contributed by atoms with Crippen LogP contribution in [0.4, 0.5) is 11.4 Å². The number of hydrogen-bond acceptors (Lipinski definition) is 5. The summed E-state index contributed by atoms with van der Waals surface area (Å²) in [6.07, 6.45) is 0.780. The van der Waals surface area contributed by atoms with Crippen LogP contribution in [-0.4, -0.2) is 32.8 Å². The Bertz CT molecular complexity index is 1280. The molecule has 0 aliphatic carbocycles. The highest BCUT2D eigenvalue weighted by molar-refractivity contribution is 7.91. The van der Waals surface area contributed by atoms with Crippen LogP contribution < -0.4 is 16.0 Å². The summed E-state index contributed by atoms with van der Waals surface area (Å²) in [6, 6.07) is 18.9. The Morgan fingerprint density at radius 1 is 0.912 bits per heavy atom. The minimum Gasteiger partial charge on any atom is -0.375 e. The molecule has 0 aliphatic rings. The van der Waals surface area contributed by atoms with E-state index in [9.17, 15) is 18.0 Å². The van der Waals surface area contributed by atoms with E-state index in [2.05, 4.69) is 16.0 Å². The minimum atomic E-state index is -3.83. The van der Waals surface area contributed by atoms with E-state index < -0.39 is 15.7 Å². The lowest BCUT2D eigenvalue weighted by Crippen LogP contribution is -2.33. The number of carbonyl (C=O) groups excluding carboxylic acids is 2. The number of rotatable bonds is 9. The predicted molar refractivity (Wildman–Crippen MR) is 134 cm³/mol. The zero-order valence-electron chi connectivity index (χ0n) is 18.8. The number of anilines is 2. The van der Waals surface area contributed by atoms with Crippen LogP contribution in [0.3, 0.4) is 0 Å². The molecule has 7 nitrogen and oxygen atoms in total. The molecule has 3 aromatic carbocycles. The Balaban J connectivity index is 1.74. The van der Waals surface area contributed by atoms with E-state index in [1.54, 1.807) is 42.5 Å². The summed E-state index contributed by atoms with van der Waals surface area (Å²) in [6.45, 7) is 3.67. The van der Waals surface area contributed by atoms with Crippen molar-refractivity contribution in [3.8, 4) is 0 Å². The molecular weight excluding hydrogens is 474 g/mol. The van der Waals surface area contributed by atoms with Gasteiger partial charge in [-0.2, -0.15) is 0 Å². The first-order valence-corrected chi connectivity index (χ1v) is 12.6. The fourth-order valence-electron chi connectivity index (χ4n) is 3.15. The van der Waals surface area contributed by atoms with Crippen LogP contribution in [-0.2, 0) is 14.6 Å². The molecule has 3 rings (SSSR count). The lowest BCUT2D eigenvalue weighted by atomic mass is 10.1. The Morgan fingerprint density at radius 3 is 2.21 bits per heavy atom. The lowest BCUT2D eigenvalue weighted by molar-refractivity contribution is -0.114. The average Bonchev–Trinajstić information content (AvgIpc) is 2.83. The highest BCUT2D eigenvalue weighted by Crippen LogP contribution is 2.28. The van der Waals surface area contributed by atoms with Gasteiger partial charge in [0.05, 0.1) is 33.3 Å². The molecule has 1 unspecified atom stereocenters. The predicted octanol–water partition coefficient (Wildman–Crippen LogP) is 4.75. The second-order valence-corrected chi connectivity index (χ2v) is 10.0. The third-order valence-corrected chi connectivity index (χ3v) is 7.26. The second kappa shape index (κ2) is 11.2. The van der Waals surface area contributed by atoms with Gasteiger partial charge in [0.15, 0.2) is 0 Å². The molecule has 0 aliphatic heterocycles. The average molecular weight is 500 g/mol. The van der Waals surface area contributed by atoms with Gasteiger partial charge < -0.3 is 16.0 Å². The van der Waals surface area contributed by atoms with Gasteiger partial charge in [0.25, 0.3) is 5.91 Å². The number of para-hydroxylation sites is 2. The quantitative estimate of drug-likeness (QED) is 0.394. The number of halogens is 1. The van der Waals surface area contributed by atoms with E-state index in [1.807, 2.05) is 13.8 Å². The Morgan fingerprint density at radius 2 is 1.53 bits per heavy atom. The van der Waals surface area contributed by atoms with E-state index in [4.69, 9.17) is 11.6 Å². The highest BCUT2D eigenvalue weighted by Gasteiger charge is 2.21. The van der Waals surface area contributed by atoms with E-state index in [0.29, 0.717) is 16.3 Å². The number of benzene rings is 3. The standard InChI is InChI=1S/C25H26ClN3O4S/c1-3-17(2)28-25(31)20-8-4-5-9-21(20)29-24(30)16-27-22-10-6-7-11-23(22)34(32,33)19-14-12-18(26)13-15-19/h4-15,17,27H,3,16H2,1-2H3,(H,28,31)(H,29,30). The second-order valence-electron chi connectivity index (χ2n) is 7.68. The highest BCUT2D eigenvalue weighted by atomic mass is 35.5. The maximum Gasteiger partial charge on any atom is 0.253 e. The number of nitrogens with one attached hydrogen (secondary N) is 3. The molecule has 0 fully saturated rings. The van der Waals surface area contributed by atoms with Gasteiger partial charge in [0.2, 0.25) is 15.7 Å². The van der Waals surface area contributed by atoms with Gasteiger partial charge in [-0.1, -0.05) is 42.8 Å². The Labute approximate surface area is 204 Å². The summed E-state index contributed by atoms with van der Waals surface area (Å²) in [4.78, 5) is 25.3. The van der Waals surface area contributed by atoms with E-state index in [1.165, 1.54) is 30.3 Å². The van der Waals surface area contributed by atoms with Crippen molar-refractivity contribution in [3.05, 3.63) is 83.4 Å². The van der Waals surface area contributed by atoms with Crippen LogP contribution in [0.25, 0.3) is 0 Å². The van der Waals surface area contributed by atoms with Crippen molar-refractivity contribution < 1.29 is 18.0 Å². The zero-order valence-corrected chi connectivity index (χ0v) is 20.4. The molecule has 0 bridgehead atoms. The van der Waals surface area contributed by atoms with Crippen molar-refractivity contribution in [3.63, 3.8) is 0 Å². The number of sulfone groups is 1.